The molecule has 0 bridgehead atoms. The summed E-state index contributed by atoms with van der Waals surface area (Å²) in [6.45, 7) is 0.361. The van der Waals surface area contributed by atoms with Gasteiger partial charge in [-0.15, -0.1) is 0 Å². The van der Waals surface area contributed by atoms with Crippen molar-refractivity contribution in [2.75, 3.05) is 13.7 Å². The van der Waals surface area contributed by atoms with E-state index < -0.39 is 11.6 Å². The van der Waals surface area contributed by atoms with Gasteiger partial charge in [0.25, 0.3) is 0 Å². The van der Waals surface area contributed by atoms with Crippen LogP contribution in [-0.4, -0.2) is 36.3 Å². The molecule has 7 heteroatoms. The zero-order valence-electron chi connectivity index (χ0n) is 17.5. The van der Waals surface area contributed by atoms with E-state index in [1.165, 1.54) is 12.1 Å². The first-order chi connectivity index (χ1) is 15.0. The predicted octanol–water partition coefficient (Wildman–Crippen LogP) is 4.69. The van der Waals surface area contributed by atoms with Gasteiger partial charge < -0.3 is 14.5 Å². The quantitative estimate of drug-likeness (QED) is 0.643. The lowest BCUT2D eigenvalue weighted by atomic mass is 10.0. The largest absolute Gasteiger partial charge is 0.496 e. The Balaban J connectivity index is 1.49. The lowest BCUT2D eigenvalue weighted by Crippen LogP contribution is -2.40. The van der Waals surface area contributed by atoms with Gasteiger partial charge in [-0.1, -0.05) is 36.2 Å². The summed E-state index contributed by atoms with van der Waals surface area (Å²) in [5.41, 5.74) is 1.89. The van der Waals surface area contributed by atoms with Gasteiger partial charge in [0.1, 0.15) is 17.4 Å². The fourth-order valence-electron chi connectivity index (χ4n) is 4.33. The normalized spacial score (nSPS) is 18.5. The topological polar surface area (TPSA) is 51.1 Å². The number of rotatable bonds is 7. The van der Waals surface area contributed by atoms with Gasteiger partial charge in [-0.25, -0.2) is 8.78 Å². The molecule has 1 aliphatic carbocycles. The van der Waals surface area contributed by atoms with Gasteiger partial charge in [0.2, 0.25) is 5.91 Å². The number of hydrogen-bond donors (Lipinski definition) is 0. The van der Waals surface area contributed by atoms with E-state index in [4.69, 9.17) is 9.57 Å². The molecule has 1 amide bonds. The molecule has 0 spiro atoms. The standard InChI is InChI=1S/C24H26F2N2O3/c1-30-23-9-5-4-8-20(23)22-13-19(31-27-22)15-28(24(29)16-6-2-3-7-16)14-17-10-11-18(25)12-21(17)26/h4-5,8-12,16,19H,2-3,6-7,13-15H2,1H3/t19-/m1/s1. The molecule has 0 radical (unpaired) electrons. The zero-order valence-corrected chi connectivity index (χ0v) is 17.5. The molecule has 1 heterocycles. The molecule has 164 valence electrons. The monoisotopic (exact) mass is 428 g/mol. The summed E-state index contributed by atoms with van der Waals surface area (Å²) in [6, 6.07) is 11.0. The molecule has 1 aliphatic heterocycles. The number of carbonyl (C=O) groups is 1. The third kappa shape index (κ3) is 4.86. The number of amides is 1. The first-order valence-electron chi connectivity index (χ1n) is 10.6. The summed E-state index contributed by atoms with van der Waals surface area (Å²) in [4.78, 5) is 20.5. The van der Waals surface area contributed by atoms with Crippen LogP contribution in [-0.2, 0) is 16.2 Å². The number of hydrogen-bond acceptors (Lipinski definition) is 4. The van der Waals surface area contributed by atoms with Crippen molar-refractivity contribution in [2.24, 2.45) is 11.1 Å². The second-order valence-electron chi connectivity index (χ2n) is 8.11. The van der Waals surface area contributed by atoms with Crippen molar-refractivity contribution in [1.82, 2.24) is 4.90 Å². The van der Waals surface area contributed by atoms with Crippen LogP contribution in [0.25, 0.3) is 0 Å². The Kier molecular flexibility index (Phi) is 6.49. The van der Waals surface area contributed by atoms with E-state index in [2.05, 4.69) is 5.16 Å². The minimum Gasteiger partial charge on any atom is -0.496 e. The van der Waals surface area contributed by atoms with Gasteiger partial charge in [-0.3, -0.25) is 4.79 Å². The Hall–Kier alpha value is -2.96. The highest BCUT2D eigenvalue weighted by atomic mass is 19.1. The average molecular weight is 428 g/mol. The third-order valence-electron chi connectivity index (χ3n) is 5.97. The minimum absolute atomic E-state index is 0.00410. The van der Waals surface area contributed by atoms with Crippen molar-refractivity contribution in [2.45, 2.75) is 44.8 Å². The van der Waals surface area contributed by atoms with Crippen LogP contribution in [0, 0.1) is 17.6 Å². The first-order valence-corrected chi connectivity index (χ1v) is 10.6. The average Bonchev–Trinajstić information content (AvgIpc) is 3.47. The second kappa shape index (κ2) is 9.45. The van der Waals surface area contributed by atoms with E-state index in [9.17, 15) is 13.6 Å². The highest BCUT2D eigenvalue weighted by molar-refractivity contribution is 6.03. The van der Waals surface area contributed by atoms with Crippen molar-refractivity contribution in [3.8, 4) is 5.75 Å². The minimum atomic E-state index is -0.650. The smallest absolute Gasteiger partial charge is 0.226 e. The molecule has 1 atom stereocenters. The van der Waals surface area contributed by atoms with Gasteiger partial charge in [0, 0.05) is 36.1 Å². The van der Waals surface area contributed by atoms with Crippen LogP contribution in [0.2, 0.25) is 0 Å². The van der Waals surface area contributed by atoms with Gasteiger partial charge in [0.15, 0.2) is 6.10 Å². The second-order valence-corrected chi connectivity index (χ2v) is 8.11. The lowest BCUT2D eigenvalue weighted by molar-refractivity contribution is -0.137. The number of benzene rings is 2. The zero-order chi connectivity index (χ0) is 21.8. The molecule has 2 aromatic rings. The maximum atomic E-state index is 14.3. The Morgan fingerprint density at radius 1 is 1.19 bits per heavy atom. The Morgan fingerprint density at radius 2 is 1.97 bits per heavy atom. The molecular formula is C24H26F2N2O3. The third-order valence-corrected chi connectivity index (χ3v) is 5.97. The molecule has 0 N–H and O–H groups in total. The molecule has 31 heavy (non-hydrogen) atoms. The number of halogens is 2. The van der Waals surface area contributed by atoms with Crippen molar-refractivity contribution < 1.29 is 23.1 Å². The van der Waals surface area contributed by atoms with E-state index in [-0.39, 0.29) is 36.6 Å². The Labute approximate surface area is 180 Å². The van der Waals surface area contributed by atoms with E-state index >= 15 is 0 Å². The highest BCUT2D eigenvalue weighted by Crippen LogP contribution is 2.29. The number of oxime groups is 1. The molecule has 2 aliphatic rings. The molecule has 1 fully saturated rings. The Morgan fingerprint density at radius 3 is 2.71 bits per heavy atom. The van der Waals surface area contributed by atoms with E-state index in [0.717, 1.165) is 43.0 Å². The number of nitrogens with zero attached hydrogens (tertiary/aromatic N) is 2. The number of methoxy groups -OCH3 is 1. The van der Waals surface area contributed by atoms with Crippen molar-refractivity contribution >= 4 is 11.6 Å². The molecule has 1 saturated carbocycles. The van der Waals surface area contributed by atoms with Crippen LogP contribution in [0.15, 0.2) is 47.6 Å². The summed E-state index contributed by atoms with van der Waals surface area (Å²) in [5, 5.41) is 4.22. The van der Waals surface area contributed by atoms with Crippen LogP contribution >= 0.6 is 0 Å². The molecule has 4 rings (SSSR count). The molecular weight excluding hydrogens is 402 g/mol. The molecule has 0 unspecified atom stereocenters. The van der Waals surface area contributed by atoms with Crippen molar-refractivity contribution in [3.63, 3.8) is 0 Å². The van der Waals surface area contributed by atoms with Crippen LogP contribution in [0.3, 0.4) is 0 Å². The maximum absolute atomic E-state index is 14.3. The van der Waals surface area contributed by atoms with Gasteiger partial charge in [-0.05, 0) is 31.0 Å². The maximum Gasteiger partial charge on any atom is 0.226 e. The summed E-state index contributed by atoms with van der Waals surface area (Å²) < 4.78 is 33.0. The number of para-hydroxylation sites is 1. The molecule has 0 aromatic heterocycles. The Bertz CT molecular complexity index is 973. The highest BCUT2D eigenvalue weighted by Gasteiger charge is 2.32. The van der Waals surface area contributed by atoms with Gasteiger partial charge in [0.05, 0.1) is 19.4 Å². The van der Waals surface area contributed by atoms with E-state index in [1.807, 2.05) is 24.3 Å². The molecule has 5 nitrogen and oxygen atoms in total. The lowest BCUT2D eigenvalue weighted by Gasteiger charge is -2.27. The fraction of sp³-hybridized carbons (Fsp3) is 0.417. The summed E-state index contributed by atoms with van der Waals surface area (Å²) in [7, 11) is 1.60. The molecule has 0 saturated heterocycles. The number of carbonyl (C=O) groups excluding carboxylic acids is 1. The van der Waals surface area contributed by atoms with Gasteiger partial charge in [-0.2, -0.15) is 0 Å². The van der Waals surface area contributed by atoms with Crippen LogP contribution in [0.5, 0.6) is 5.75 Å². The van der Waals surface area contributed by atoms with Crippen molar-refractivity contribution in [1.29, 1.82) is 0 Å². The first kappa shape index (κ1) is 21.3. The van der Waals surface area contributed by atoms with Crippen LogP contribution in [0.4, 0.5) is 8.78 Å². The predicted molar refractivity (Wildman–Crippen MR) is 113 cm³/mol. The molecule has 2 aromatic carbocycles. The summed E-state index contributed by atoms with van der Waals surface area (Å²) in [6.07, 6.45) is 3.91. The van der Waals surface area contributed by atoms with Gasteiger partial charge >= 0.3 is 0 Å². The van der Waals surface area contributed by atoms with Crippen LogP contribution in [0.1, 0.15) is 43.2 Å². The number of ether oxygens (including phenoxy) is 1. The van der Waals surface area contributed by atoms with E-state index in [0.29, 0.717) is 12.2 Å². The fourth-order valence-corrected chi connectivity index (χ4v) is 4.33. The summed E-state index contributed by atoms with van der Waals surface area (Å²) >= 11 is 0. The van der Waals surface area contributed by atoms with Crippen LogP contribution < -0.4 is 4.74 Å². The van der Waals surface area contributed by atoms with Crippen molar-refractivity contribution in [3.05, 3.63) is 65.2 Å². The summed E-state index contributed by atoms with van der Waals surface area (Å²) in [5.74, 6) is -0.640. The van der Waals surface area contributed by atoms with E-state index in [1.54, 1.807) is 12.0 Å². The SMILES string of the molecule is COc1ccccc1C1=NO[C@@H](CN(Cc2ccc(F)cc2F)C(=O)C2CCCC2)C1.